The van der Waals surface area contributed by atoms with Gasteiger partial charge in [0.15, 0.2) is 5.82 Å². The van der Waals surface area contributed by atoms with Crippen molar-refractivity contribution in [1.29, 1.82) is 0 Å². The molecule has 1 fully saturated rings. The van der Waals surface area contributed by atoms with Crippen molar-refractivity contribution in [3.63, 3.8) is 0 Å². The van der Waals surface area contributed by atoms with E-state index in [0.717, 1.165) is 17.9 Å². The average Bonchev–Trinajstić information content (AvgIpc) is 3.58. The minimum absolute atomic E-state index is 0.0524. The molecular weight excluding hydrogens is 501 g/mol. The van der Waals surface area contributed by atoms with Gasteiger partial charge in [0.25, 0.3) is 5.91 Å². The summed E-state index contributed by atoms with van der Waals surface area (Å²) in [6.45, 7) is 2.75. The minimum atomic E-state index is -3.90. The first-order valence-electron chi connectivity index (χ1n) is 11.5. The molecule has 194 valence electrons. The van der Waals surface area contributed by atoms with E-state index in [-0.39, 0.29) is 22.1 Å². The van der Waals surface area contributed by atoms with Gasteiger partial charge in [-0.15, -0.1) is 0 Å². The van der Waals surface area contributed by atoms with Gasteiger partial charge in [-0.25, -0.2) is 22.8 Å². The fraction of sp³-hybridized carbons (Fsp3) is 0.333. The number of amides is 1. The maximum Gasteiger partial charge on any atom is 0.268 e. The van der Waals surface area contributed by atoms with Crippen LogP contribution in [-0.4, -0.2) is 71.4 Å². The zero-order chi connectivity index (χ0) is 26.4. The Morgan fingerprint density at radius 2 is 2.00 bits per heavy atom. The Kier molecular flexibility index (Phi) is 6.20. The Balaban J connectivity index is 1.42. The number of rotatable bonds is 7. The van der Waals surface area contributed by atoms with Gasteiger partial charge in [-0.05, 0) is 37.6 Å². The largest absolute Gasteiger partial charge is 0.382 e. The molecule has 1 amide bonds. The summed E-state index contributed by atoms with van der Waals surface area (Å²) in [7, 11) is -0.705. The van der Waals surface area contributed by atoms with E-state index in [0.29, 0.717) is 36.5 Å². The highest BCUT2D eigenvalue weighted by atomic mass is 32.2. The Hall–Kier alpha value is -3.84. The van der Waals surface area contributed by atoms with Crippen LogP contribution in [0.3, 0.4) is 0 Å². The van der Waals surface area contributed by atoms with Crippen LogP contribution >= 0.6 is 0 Å². The van der Waals surface area contributed by atoms with Gasteiger partial charge >= 0.3 is 0 Å². The standard InChI is InChI=1S/C24H26FN7O4S/c1-15-21(37(34,35)18-4-5-19-16(8-18)10-28-30-19)9-20(31(15)2)22(33)29-24(14-36-3)6-7-32(13-24)23-26-11-17(25)12-27-23/h4-5,8-12H,6-7,13-14H2,1-3H3,(H,28,30)(H,29,33)/t24-/m1/s1. The van der Waals surface area contributed by atoms with E-state index >= 15 is 0 Å². The number of carbonyl (C=O) groups excluding carboxylic acids is 1. The maximum absolute atomic E-state index is 13.5. The zero-order valence-electron chi connectivity index (χ0n) is 20.5. The van der Waals surface area contributed by atoms with E-state index in [1.54, 1.807) is 44.0 Å². The van der Waals surface area contributed by atoms with Gasteiger partial charge in [0.1, 0.15) is 5.69 Å². The summed E-state index contributed by atoms with van der Waals surface area (Å²) in [5.74, 6) is -0.614. The Morgan fingerprint density at radius 3 is 2.73 bits per heavy atom. The number of aromatic amines is 1. The highest BCUT2D eigenvalue weighted by Crippen LogP contribution is 2.30. The van der Waals surface area contributed by atoms with Crippen LogP contribution in [0.2, 0.25) is 0 Å². The van der Waals surface area contributed by atoms with Crippen LogP contribution in [-0.2, 0) is 21.6 Å². The van der Waals surface area contributed by atoms with E-state index in [1.807, 2.05) is 4.90 Å². The lowest BCUT2D eigenvalue weighted by atomic mass is 9.99. The Labute approximate surface area is 212 Å². The number of aromatic nitrogens is 5. The minimum Gasteiger partial charge on any atom is -0.382 e. The summed E-state index contributed by atoms with van der Waals surface area (Å²) in [6.07, 6.45) is 4.28. The van der Waals surface area contributed by atoms with Crippen LogP contribution < -0.4 is 10.2 Å². The number of nitrogens with zero attached hydrogens (tertiary/aromatic N) is 5. The van der Waals surface area contributed by atoms with Crippen LogP contribution in [0.15, 0.2) is 52.6 Å². The molecule has 0 spiro atoms. The molecule has 2 N–H and O–H groups in total. The van der Waals surface area contributed by atoms with Crippen molar-refractivity contribution < 1.29 is 22.3 Å². The molecular formula is C24H26FN7O4S. The second-order valence-electron chi connectivity index (χ2n) is 9.20. The number of halogens is 1. The number of H-pyrrole nitrogens is 1. The number of carbonyl (C=O) groups is 1. The van der Waals surface area contributed by atoms with Crippen molar-refractivity contribution in [3.05, 3.63) is 60.1 Å². The second-order valence-corrected chi connectivity index (χ2v) is 11.1. The van der Waals surface area contributed by atoms with E-state index < -0.39 is 27.1 Å². The molecule has 11 nitrogen and oxygen atoms in total. The molecule has 37 heavy (non-hydrogen) atoms. The van der Waals surface area contributed by atoms with Gasteiger partial charge in [-0.3, -0.25) is 9.89 Å². The smallest absolute Gasteiger partial charge is 0.268 e. The number of benzene rings is 1. The van der Waals surface area contributed by atoms with Gasteiger partial charge in [0.2, 0.25) is 15.8 Å². The first-order chi connectivity index (χ1) is 17.6. The number of anilines is 1. The molecule has 1 saturated heterocycles. The number of methoxy groups -OCH3 is 1. The van der Waals surface area contributed by atoms with E-state index in [4.69, 9.17) is 4.74 Å². The molecule has 0 aliphatic carbocycles. The molecule has 1 aliphatic rings. The van der Waals surface area contributed by atoms with Crippen molar-refractivity contribution in [2.24, 2.45) is 7.05 Å². The SMILES string of the molecule is COC[C@@]1(NC(=O)c2cc(S(=O)(=O)c3ccc4[nH]ncc4c3)c(C)n2C)CCN(c2ncc(F)cn2)C1. The third-order valence-corrected chi connectivity index (χ3v) is 8.64. The van der Waals surface area contributed by atoms with Crippen molar-refractivity contribution in [3.8, 4) is 0 Å². The fourth-order valence-electron chi connectivity index (χ4n) is 4.73. The number of hydrogen-bond acceptors (Lipinski definition) is 8. The normalized spacial score (nSPS) is 18.0. The highest BCUT2D eigenvalue weighted by molar-refractivity contribution is 7.91. The van der Waals surface area contributed by atoms with Crippen LogP contribution in [0.1, 0.15) is 22.6 Å². The summed E-state index contributed by atoms with van der Waals surface area (Å²) in [5, 5.41) is 10.5. The lowest BCUT2D eigenvalue weighted by Crippen LogP contribution is -2.54. The molecule has 4 heterocycles. The summed E-state index contributed by atoms with van der Waals surface area (Å²) in [6, 6.07) is 6.13. The zero-order valence-corrected chi connectivity index (χ0v) is 21.3. The third kappa shape index (κ3) is 4.44. The molecule has 0 unspecified atom stereocenters. The van der Waals surface area contributed by atoms with Crippen molar-refractivity contribution in [2.75, 3.05) is 31.7 Å². The van der Waals surface area contributed by atoms with Gasteiger partial charge in [-0.2, -0.15) is 5.10 Å². The van der Waals surface area contributed by atoms with Crippen molar-refractivity contribution in [2.45, 2.75) is 28.7 Å². The molecule has 13 heteroatoms. The lowest BCUT2D eigenvalue weighted by Gasteiger charge is -2.30. The quantitative estimate of drug-likeness (QED) is 0.373. The van der Waals surface area contributed by atoms with E-state index in [1.165, 1.54) is 12.1 Å². The van der Waals surface area contributed by atoms with Gasteiger partial charge in [0.05, 0.1) is 46.0 Å². The van der Waals surface area contributed by atoms with Gasteiger partial charge in [0, 0.05) is 38.3 Å². The van der Waals surface area contributed by atoms with Crippen LogP contribution in [0, 0.1) is 12.7 Å². The topological polar surface area (TPSA) is 135 Å². The van der Waals surface area contributed by atoms with Gasteiger partial charge < -0.3 is 19.5 Å². The van der Waals surface area contributed by atoms with Crippen LogP contribution in [0.25, 0.3) is 10.9 Å². The third-order valence-electron chi connectivity index (χ3n) is 6.78. The van der Waals surface area contributed by atoms with Crippen LogP contribution in [0.4, 0.5) is 10.3 Å². The molecule has 0 saturated carbocycles. The van der Waals surface area contributed by atoms with Crippen LogP contribution in [0.5, 0.6) is 0 Å². The molecule has 0 bridgehead atoms. The van der Waals surface area contributed by atoms with E-state index in [2.05, 4.69) is 25.5 Å². The number of sulfone groups is 1. The second kappa shape index (κ2) is 9.23. The summed E-state index contributed by atoms with van der Waals surface area (Å²) in [5.41, 5.74) is 0.593. The molecule has 5 rings (SSSR count). The van der Waals surface area contributed by atoms with Crippen molar-refractivity contribution in [1.82, 2.24) is 30.0 Å². The maximum atomic E-state index is 13.5. The lowest BCUT2D eigenvalue weighted by molar-refractivity contribution is 0.0787. The molecule has 1 atom stereocenters. The summed E-state index contributed by atoms with van der Waals surface area (Å²) < 4.78 is 47.2. The number of hydrogen-bond donors (Lipinski definition) is 2. The number of nitrogens with one attached hydrogen (secondary N) is 2. The molecule has 0 radical (unpaired) electrons. The Bertz CT molecular complexity index is 1580. The first-order valence-corrected chi connectivity index (χ1v) is 13.0. The number of ether oxygens (including phenoxy) is 1. The first kappa shape index (κ1) is 24.8. The predicted molar refractivity (Wildman–Crippen MR) is 133 cm³/mol. The summed E-state index contributed by atoms with van der Waals surface area (Å²) >= 11 is 0. The Morgan fingerprint density at radius 1 is 1.24 bits per heavy atom. The molecule has 1 aliphatic heterocycles. The number of fused-ring (bicyclic) bond motifs is 1. The van der Waals surface area contributed by atoms with E-state index in [9.17, 15) is 17.6 Å². The summed E-state index contributed by atoms with van der Waals surface area (Å²) in [4.78, 5) is 23.5. The average molecular weight is 528 g/mol. The fourth-order valence-corrected chi connectivity index (χ4v) is 6.30. The predicted octanol–water partition coefficient (Wildman–Crippen LogP) is 2.00. The van der Waals surface area contributed by atoms with Gasteiger partial charge in [-0.1, -0.05) is 0 Å². The molecule has 4 aromatic rings. The highest BCUT2D eigenvalue weighted by Gasteiger charge is 2.41. The van der Waals surface area contributed by atoms with Crippen molar-refractivity contribution >= 4 is 32.6 Å². The monoisotopic (exact) mass is 527 g/mol. The molecule has 1 aromatic carbocycles. The molecule has 3 aromatic heterocycles.